The Labute approximate surface area is 122 Å². The average Bonchev–Trinajstić information content (AvgIpc) is 3.04. The first-order valence-electron chi connectivity index (χ1n) is 6.70. The van der Waals surface area contributed by atoms with Gasteiger partial charge in [0.15, 0.2) is 0 Å². The number of imidazole rings is 1. The molecule has 0 saturated heterocycles. The summed E-state index contributed by atoms with van der Waals surface area (Å²) in [4.78, 5) is 7.64. The molecule has 0 bridgehead atoms. The van der Waals surface area contributed by atoms with Crippen molar-refractivity contribution in [2.24, 2.45) is 7.05 Å². The topological polar surface area (TPSA) is 84.3 Å². The molecule has 0 spiro atoms. The smallest absolute Gasteiger partial charge is 0.149 e. The maximum Gasteiger partial charge on any atom is 0.149 e. The first-order chi connectivity index (χ1) is 10.1. The molecule has 0 aliphatic heterocycles. The fraction of sp³-hybridized carbons (Fsp3) is 0.286. The van der Waals surface area contributed by atoms with Gasteiger partial charge in [0.25, 0.3) is 0 Å². The highest BCUT2D eigenvalue weighted by Crippen LogP contribution is 2.15. The molecule has 0 saturated carbocycles. The molecule has 0 aliphatic rings. The Morgan fingerprint density at radius 3 is 2.67 bits per heavy atom. The fourth-order valence-electron chi connectivity index (χ4n) is 2.01. The normalized spacial score (nSPS) is 10.8. The summed E-state index contributed by atoms with van der Waals surface area (Å²) in [5.41, 5.74) is 3.86. The van der Waals surface area contributed by atoms with Crippen molar-refractivity contribution in [3.63, 3.8) is 0 Å². The number of nitrogens with one attached hydrogen (secondary N) is 2. The van der Waals surface area contributed by atoms with Crippen molar-refractivity contribution in [2.75, 3.05) is 5.32 Å². The number of nitrogens with zero attached hydrogens (tertiary/aromatic N) is 5. The lowest BCUT2D eigenvalue weighted by molar-refractivity contribution is 0.768. The van der Waals surface area contributed by atoms with Crippen LogP contribution in [0.3, 0.4) is 0 Å². The molecule has 0 aliphatic carbocycles. The summed E-state index contributed by atoms with van der Waals surface area (Å²) in [5.74, 6) is 1.61. The van der Waals surface area contributed by atoms with Crippen LogP contribution in [0.4, 0.5) is 5.82 Å². The molecule has 3 aromatic rings. The predicted molar refractivity (Wildman–Crippen MR) is 79.6 cm³/mol. The number of aromatic amines is 1. The second-order valence-electron chi connectivity index (χ2n) is 4.95. The van der Waals surface area contributed by atoms with Crippen LogP contribution in [0.1, 0.15) is 17.2 Å². The number of aryl methyl sites for hydroxylation is 3. The van der Waals surface area contributed by atoms with Gasteiger partial charge in [-0.15, -0.1) is 10.2 Å². The van der Waals surface area contributed by atoms with E-state index in [-0.39, 0.29) is 0 Å². The highest BCUT2D eigenvalue weighted by atomic mass is 15.2. The lowest BCUT2D eigenvalue weighted by atomic mass is 10.2. The van der Waals surface area contributed by atoms with E-state index in [9.17, 15) is 0 Å². The van der Waals surface area contributed by atoms with Crippen LogP contribution in [0.25, 0.3) is 11.3 Å². The van der Waals surface area contributed by atoms with Crippen molar-refractivity contribution in [2.45, 2.75) is 20.4 Å². The van der Waals surface area contributed by atoms with Gasteiger partial charge in [0, 0.05) is 24.5 Å². The lowest BCUT2D eigenvalue weighted by Crippen LogP contribution is -2.04. The molecular weight excluding hydrogens is 266 g/mol. The summed E-state index contributed by atoms with van der Waals surface area (Å²) < 4.78 is 1.74. The van der Waals surface area contributed by atoms with Gasteiger partial charge in [-0.25, -0.2) is 4.98 Å². The van der Waals surface area contributed by atoms with Crippen molar-refractivity contribution in [1.82, 2.24) is 29.9 Å². The highest BCUT2D eigenvalue weighted by molar-refractivity contribution is 5.57. The summed E-state index contributed by atoms with van der Waals surface area (Å²) in [5, 5.41) is 15.7. The van der Waals surface area contributed by atoms with E-state index in [1.54, 1.807) is 10.9 Å². The van der Waals surface area contributed by atoms with Crippen molar-refractivity contribution in [1.29, 1.82) is 0 Å². The minimum Gasteiger partial charge on any atom is -0.361 e. The Morgan fingerprint density at radius 1 is 1.24 bits per heavy atom. The lowest BCUT2D eigenvalue weighted by Gasteiger charge is -2.03. The van der Waals surface area contributed by atoms with Crippen LogP contribution in [0, 0.1) is 13.8 Å². The fourth-order valence-corrected chi connectivity index (χ4v) is 2.01. The summed E-state index contributed by atoms with van der Waals surface area (Å²) in [6, 6.07) is 3.82. The van der Waals surface area contributed by atoms with Gasteiger partial charge >= 0.3 is 0 Å². The van der Waals surface area contributed by atoms with Crippen LogP contribution in [-0.4, -0.2) is 29.9 Å². The van der Waals surface area contributed by atoms with Gasteiger partial charge in [-0.3, -0.25) is 4.68 Å². The second-order valence-corrected chi connectivity index (χ2v) is 4.95. The largest absolute Gasteiger partial charge is 0.361 e. The van der Waals surface area contributed by atoms with Crippen molar-refractivity contribution in [3.8, 4) is 11.3 Å². The first-order valence-corrected chi connectivity index (χ1v) is 6.70. The van der Waals surface area contributed by atoms with E-state index in [1.807, 2.05) is 39.2 Å². The number of aromatic nitrogens is 6. The molecular formula is C14H17N7. The Kier molecular flexibility index (Phi) is 3.39. The molecule has 21 heavy (non-hydrogen) atoms. The number of hydrogen-bond donors (Lipinski definition) is 2. The summed E-state index contributed by atoms with van der Waals surface area (Å²) in [6.45, 7) is 4.59. The van der Waals surface area contributed by atoms with Crippen LogP contribution >= 0.6 is 0 Å². The van der Waals surface area contributed by atoms with Crippen LogP contribution in [0.5, 0.6) is 0 Å². The van der Waals surface area contributed by atoms with Gasteiger partial charge in [0.1, 0.15) is 11.6 Å². The van der Waals surface area contributed by atoms with E-state index in [2.05, 4.69) is 30.6 Å². The monoisotopic (exact) mass is 283 g/mol. The second kappa shape index (κ2) is 5.35. The number of H-pyrrole nitrogens is 1. The Morgan fingerprint density at radius 2 is 2.10 bits per heavy atom. The first kappa shape index (κ1) is 13.3. The number of hydrogen-bond acceptors (Lipinski definition) is 5. The Hall–Kier alpha value is -2.70. The minimum atomic E-state index is 0.593. The minimum absolute atomic E-state index is 0.593. The molecule has 0 atom stereocenters. The molecule has 7 heteroatoms. The highest BCUT2D eigenvalue weighted by Gasteiger charge is 2.05. The molecule has 108 valence electrons. The SMILES string of the molecule is Cc1nc(CNc2ccc(-c3cnn(C)c3)nn2)[nH]c1C. The summed E-state index contributed by atoms with van der Waals surface area (Å²) >= 11 is 0. The zero-order valence-corrected chi connectivity index (χ0v) is 12.3. The zero-order valence-electron chi connectivity index (χ0n) is 12.3. The molecule has 3 heterocycles. The standard InChI is InChI=1S/C14H17N7/c1-9-10(2)18-14(17-9)7-15-13-5-4-12(19-20-13)11-6-16-21(3)8-11/h4-6,8H,7H2,1-3H3,(H,15,20)(H,17,18). The van der Waals surface area contributed by atoms with E-state index >= 15 is 0 Å². The Bertz CT molecular complexity index is 720. The molecule has 3 rings (SSSR count). The third-order valence-electron chi connectivity index (χ3n) is 3.28. The molecule has 0 fully saturated rings. The zero-order chi connectivity index (χ0) is 14.8. The molecule has 2 N–H and O–H groups in total. The van der Waals surface area contributed by atoms with Gasteiger partial charge in [0.2, 0.25) is 0 Å². The van der Waals surface area contributed by atoms with Crippen molar-refractivity contribution >= 4 is 5.82 Å². The van der Waals surface area contributed by atoms with E-state index in [4.69, 9.17) is 0 Å². The van der Waals surface area contributed by atoms with Crippen LogP contribution in [0.15, 0.2) is 24.5 Å². The van der Waals surface area contributed by atoms with Crippen molar-refractivity contribution in [3.05, 3.63) is 41.7 Å². The average molecular weight is 283 g/mol. The van der Waals surface area contributed by atoms with Gasteiger partial charge in [-0.05, 0) is 26.0 Å². The molecule has 7 nitrogen and oxygen atoms in total. The van der Waals surface area contributed by atoms with Gasteiger partial charge in [-0.2, -0.15) is 5.10 Å². The summed E-state index contributed by atoms with van der Waals surface area (Å²) in [6.07, 6.45) is 3.68. The maximum absolute atomic E-state index is 4.42. The third-order valence-corrected chi connectivity index (χ3v) is 3.28. The molecule has 0 radical (unpaired) electrons. The van der Waals surface area contributed by atoms with Crippen LogP contribution < -0.4 is 5.32 Å². The molecule has 3 aromatic heterocycles. The Balaban J connectivity index is 1.67. The maximum atomic E-state index is 4.42. The quantitative estimate of drug-likeness (QED) is 0.763. The summed E-state index contributed by atoms with van der Waals surface area (Å²) in [7, 11) is 1.88. The van der Waals surface area contributed by atoms with E-state index in [0.29, 0.717) is 12.4 Å². The van der Waals surface area contributed by atoms with Crippen LogP contribution in [0.2, 0.25) is 0 Å². The van der Waals surface area contributed by atoms with Crippen molar-refractivity contribution < 1.29 is 0 Å². The van der Waals surface area contributed by atoms with Gasteiger partial charge in [0.05, 0.1) is 24.1 Å². The van der Waals surface area contributed by atoms with Gasteiger partial charge < -0.3 is 10.3 Å². The van der Waals surface area contributed by atoms with E-state index in [1.165, 1.54) is 0 Å². The number of rotatable bonds is 4. The van der Waals surface area contributed by atoms with Gasteiger partial charge in [-0.1, -0.05) is 0 Å². The molecule has 0 aromatic carbocycles. The molecule has 0 unspecified atom stereocenters. The van der Waals surface area contributed by atoms with E-state index < -0.39 is 0 Å². The predicted octanol–water partition coefficient (Wildman–Crippen LogP) is 1.83. The van der Waals surface area contributed by atoms with E-state index in [0.717, 1.165) is 28.5 Å². The molecule has 0 amide bonds. The third kappa shape index (κ3) is 2.91. The van der Waals surface area contributed by atoms with Crippen LogP contribution in [-0.2, 0) is 13.6 Å². The number of anilines is 1.